The Morgan fingerprint density at radius 3 is 2.67 bits per heavy atom. The van der Waals surface area contributed by atoms with Crippen LogP contribution in [0.25, 0.3) is 0 Å². The van der Waals surface area contributed by atoms with Crippen molar-refractivity contribution >= 4 is 17.6 Å². The van der Waals surface area contributed by atoms with E-state index in [2.05, 4.69) is 27.1 Å². The molecule has 1 aromatic rings. The molecule has 1 atom stereocenters. The average molecular weight is 250 g/mol. The van der Waals surface area contributed by atoms with Gasteiger partial charge in [0.15, 0.2) is 0 Å². The average Bonchev–Trinajstić information content (AvgIpc) is 2.28. The molecule has 0 spiro atoms. The fraction of sp³-hybridized carbons (Fsp3) is 0.667. The van der Waals surface area contributed by atoms with Gasteiger partial charge in [-0.1, -0.05) is 6.42 Å². The third kappa shape index (κ3) is 3.73. The maximum atomic E-state index is 5.64. The van der Waals surface area contributed by atoms with Gasteiger partial charge in [-0.05, 0) is 32.9 Å². The van der Waals surface area contributed by atoms with Crippen molar-refractivity contribution in [2.24, 2.45) is 0 Å². The zero-order chi connectivity index (χ0) is 13.0. The Labute approximate surface area is 108 Å². The van der Waals surface area contributed by atoms with E-state index in [0.717, 1.165) is 6.54 Å². The van der Waals surface area contributed by atoms with Crippen molar-refractivity contribution in [2.75, 3.05) is 36.4 Å². The lowest BCUT2D eigenvalue weighted by molar-refractivity contribution is 0.223. The predicted molar refractivity (Wildman–Crippen MR) is 74.2 cm³/mol. The van der Waals surface area contributed by atoms with Crippen LogP contribution in [0.4, 0.5) is 17.6 Å². The largest absolute Gasteiger partial charge is 0.383 e. The molecule has 100 valence electrons. The number of hydrogen-bond acceptors (Lipinski definition) is 6. The van der Waals surface area contributed by atoms with Gasteiger partial charge in [-0.3, -0.25) is 0 Å². The topological polar surface area (TPSA) is 93.1 Å². The quantitative estimate of drug-likeness (QED) is 0.736. The van der Waals surface area contributed by atoms with Crippen molar-refractivity contribution in [3.05, 3.63) is 6.07 Å². The first-order valence-corrected chi connectivity index (χ1v) is 6.52. The second kappa shape index (κ2) is 5.86. The van der Waals surface area contributed by atoms with Crippen molar-refractivity contribution in [2.45, 2.75) is 32.2 Å². The summed E-state index contributed by atoms with van der Waals surface area (Å²) in [7, 11) is 0. The SMILES string of the molecule is CC(CN1CCCCC1)Nc1cc(N)nc(N)n1. The van der Waals surface area contributed by atoms with Gasteiger partial charge >= 0.3 is 0 Å². The summed E-state index contributed by atoms with van der Waals surface area (Å²) < 4.78 is 0. The molecule has 1 aromatic heterocycles. The maximum Gasteiger partial charge on any atom is 0.223 e. The van der Waals surface area contributed by atoms with E-state index >= 15 is 0 Å². The molecule has 1 saturated heterocycles. The number of anilines is 3. The standard InChI is InChI=1S/C12H22N6/c1-9(8-18-5-3-2-4-6-18)15-11-7-10(13)16-12(14)17-11/h7,9H,2-6,8H2,1H3,(H5,13,14,15,16,17). The van der Waals surface area contributed by atoms with Crippen LogP contribution in [-0.2, 0) is 0 Å². The summed E-state index contributed by atoms with van der Waals surface area (Å²) in [5.74, 6) is 1.31. The number of nitrogen functional groups attached to an aromatic ring is 2. The van der Waals surface area contributed by atoms with E-state index in [-0.39, 0.29) is 5.95 Å². The number of nitrogens with two attached hydrogens (primary N) is 2. The van der Waals surface area contributed by atoms with E-state index in [0.29, 0.717) is 17.7 Å². The monoisotopic (exact) mass is 250 g/mol. The number of nitrogens with one attached hydrogen (secondary N) is 1. The highest BCUT2D eigenvalue weighted by atomic mass is 15.2. The molecule has 1 unspecified atom stereocenters. The van der Waals surface area contributed by atoms with Gasteiger partial charge in [0, 0.05) is 18.7 Å². The Bertz CT molecular complexity index is 368. The highest BCUT2D eigenvalue weighted by Gasteiger charge is 2.13. The van der Waals surface area contributed by atoms with E-state index in [4.69, 9.17) is 11.5 Å². The van der Waals surface area contributed by atoms with E-state index in [1.165, 1.54) is 32.4 Å². The minimum atomic E-state index is 0.211. The van der Waals surface area contributed by atoms with Crippen LogP contribution in [0.3, 0.4) is 0 Å². The smallest absolute Gasteiger partial charge is 0.223 e. The van der Waals surface area contributed by atoms with Gasteiger partial charge in [0.2, 0.25) is 5.95 Å². The molecule has 18 heavy (non-hydrogen) atoms. The van der Waals surface area contributed by atoms with Gasteiger partial charge < -0.3 is 21.7 Å². The van der Waals surface area contributed by atoms with Crippen molar-refractivity contribution in [3.8, 4) is 0 Å². The normalized spacial score (nSPS) is 18.5. The lowest BCUT2D eigenvalue weighted by Crippen LogP contribution is -2.38. The minimum Gasteiger partial charge on any atom is -0.383 e. The molecule has 0 aliphatic carbocycles. The number of aromatic nitrogens is 2. The van der Waals surface area contributed by atoms with Crippen LogP contribution in [0.5, 0.6) is 0 Å². The third-order valence-electron chi connectivity index (χ3n) is 3.14. The molecule has 0 aromatic carbocycles. The minimum absolute atomic E-state index is 0.211. The molecule has 2 rings (SSSR count). The Hall–Kier alpha value is -1.56. The summed E-state index contributed by atoms with van der Waals surface area (Å²) in [6, 6.07) is 2.03. The molecule has 1 fully saturated rings. The Kier molecular flexibility index (Phi) is 4.19. The Balaban J connectivity index is 1.87. The number of hydrogen-bond donors (Lipinski definition) is 3. The van der Waals surface area contributed by atoms with Crippen LogP contribution in [-0.4, -0.2) is 40.5 Å². The summed E-state index contributed by atoms with van der Waals surface area (Å²) in [6.07, 6.45) is 3.97. The lowest BCUT2D eigenvalue weighted by Gasteiger charge is -2.29. The molecule has 0 saturated carbocycles. The van der Waals surface area contributed by atoms with Crippen molar-refractivity contribution in [1.29, 1.82) is 0 Å². The number of nitrogens with zero attached hydrogens (tertiary/aromatic N) is 3. The molecule has 5 N–H and O–H groups in total. The zero-order valence-corrected chi connectivity index (χ0v) is 10.9. The molecule has 0 bridgehead atoms. The Morgan fingerprint density at radius 1 is 1.28 bits per heavy atom. The second-order valence-corrected chi connectivity index (χ2v) is 4.94. The summed E-state index contributed by atoms with van der Waals surface area (Å²) >= 11 is 0. The van der Waals surface area contributed by atoms with E-state index in [1.807, 2.05) is 0 Å². The zero-order valence-electron chi connectivity index (χ0n) is 10.9. The van der Waals surface area contributed by atoms with Crippen LogP contribution in [0, 0.1) is 0 Å². The van der Waals surface area contributed by atoms with E-state index < -0.39 is 0 Å². The van der Waals surface area contributed by atoms with Crippen LogP contribution < -0.4 is 16.8 Å². The molecular weight excluding hydrogens is 228 g/mol. The first-order chi connectivity index (χ1) is 8.63. The molecule has 6 nitrogen and oxygen atoms in total. The van der Waals surface area contributed by atoms with Gasteiger partial charge in [0.25, 0.3) is 0 Å². The van der Waals surface area contributed by atoms with E-state index in [1.54, 1.807) is 6.07 Å². The van der Waals surface area contributed by atoms with Crippen LogP contribution >= 0.6 is 0 Å². The molecule has 6 heteroatoms. The van der Waals surface area contributed by atoms with E-state index in [9.17, 15) is 0 Å². The first kappa shape index (κ1) is 12.9. The van der Waals surface area contributed by atoms with Crippen LogP contribution in [0.2, 0.25) is 0 Å². The van der Waals surface area contributed by atoms with Crippen LogP contribution in [0.15, 0.2) is 6.07 Å². The number of rotatable bonds is 4. The van der Waals surface area contributed by atoms with Gasteiger partial charge in [-0.25, -0.2) is 0 Å². The van der Waals surface area contributed by atoms with Gasteiger partial charge in [-0.15, -0.1) is 0 Å². The van der Waals surface area contributed by atoms with Crippen molar-refractivity contribution in [1.82, 2.24) is 14.9 Å². The molecule has 0 amide bonds. The van der Waals surface area contributed by atoms with Gasteiger partial charge in [0.1, 0.15) is 11.6 Å². The second-order valence-electron chi connectivity index (χ2n) is 4.94. The van der Waals surface area contributed by atoms with Gasteiger partial charge in [0.05, 0.1) is 0 Å². The molecule has 1 aliphatic rings. The highest BCUT2D eigenvalue weighted by Crippen LogP contribution is 2.13. The summed E-state index contributed by atoms with van der Waals surface area (Å²) in [5.41, 5.74) is 11.2. The van der Waals surface area contributed by atoms with Crippen molar-refractivity contribution in [3.63, 3.8) is 0 Å². The third-order valence-corrected chi connectivity index (χ3v) is 3.14. The summed E-state index contributed by atoms with van der Waals surface area (Å²) in [4.78, 5) is 10.5. The molecule has 1 aliphatic heterocycles. The molecule has 2 heterocycles. The van der Waals surface area contributed by atoms with Crippen LogP contribution in [0.1, 0.15) is 26.2 Å². The van der Waals surface area contributed by atoms with Gasteiger partial charge in [-0.2, -0.15) is 9.97 Å². The highest BCUT2D eigenvalue weighted by molar-refractivity contribution is 5.48. The molecule has 0 radical (unpaired) electrons. The maximum absolute atomic E-state index is 5.64. The fourth-order valence-electron chi connectivity index (χ4n) is 2.39. The fourth-order valence-corrected chi connectivity index (χ4v) is 2.39. The predicted octanol–water partition coefficient (Wildman–Crippen LogP) is 0.927. The first-order valence-electron chi connectivity index (χ1n) is 6.52. The number of piperidine rings is 1. The lowest BCUT2D eigenvalue weighted by atomic mass is 10.1. The summed E-state index contributed by atoms with van der Waals surface area (Å²) in [6.45, 7) is 5.55. The Morgan fingerprint density at radius 2 is 2.00 bits per heavy atom. The number of likely N-dealkylation sites (tertiary alicyclic amines) is 1. The van der Waals surface area contributed by atoms with Crippen molar-refractivity contribution < 1.29 is 0 Å². The summed E-state index contributed by atoms with van der Waals surface area (Å²) in [5, 5.41) is 3.32. The molecular formula is C12H22N6.